The average molecular weight is 1260 g/mol. The number of carbonyl (C=O) groups excluding carboxylic acids is 2. The molecule has 4 aromatic carbocycles. The summed E-state index contributed by atoms with van der Waals surface area (Å²) in [5.74, 6) is 6.46. The number of halogens is 1. The normalized spacial score (nSPS) is 29.8. The number of aromatic hydroxyl groups is 1. The Bertz CT molecular complexity index is 2900. The number of ether oxygens (including phenoxy) is 12. The van der Waals surface area contributed by atoms with Gasteiger partial charge in [0.15, 0.2) is 28.8 Å². The van der Waals surface area contributed by atoms with Gasteiger partial charge in [0, 0.05) is 17.5 Å². The van der Waals surface area contributed by atoms with Crippen LogP contribution in [-0.4, -0.2) is 171 Å². The van der Waals surface area contributed by atoms with E-state index < -0.39 is 5.24 Å². The summed E-state index contributed by atoms with van der Waals surface area (Å²) in [7, 11) is 0. The van der Waals surface area contributed by atoms with Crippen LogP contribution in [0.1, 0.15) is 138 Å². The summed E-state index contributed by atoms with van der Waals surface area (Å²) < 4.78 is 67.1. The molecular formula is C71H95ClO17. The minimum Gasteiger partial charge on any atom is -0.508 e. The number of phenols is 1. The molecule has 4 aromatic rings. The number of fused-ring (bicyclic) bond motifs is 12. The molecule has 12 rings (SSSR count). The lowest BCUT2D eigenvalue weighted by molar-refractivity contribution is -0.0226. The molecule has 2 heterocycles. The van der Waals surface area contributed by atoms with Crippen molar-refractivity contribution in [2.24, 2.45) is 34.5 Å². The molecular weight excluding hydrogens is 1160 g/mol. The number of carbonyl (C=O) groups is 2. The highest BCUT2D eigenvalue weighted by Crippen LogP contribution is 2.62. The van der Waals surface area contributed by atoms with E-state index in [2.05, 4.69) is 38.1 Å². The lowest BCUT2D eigenvalue weighted by Gasteiger charge is -2.50. The Hall–Kier alpha value is -4.89. The number of aryl methyl sites for hydroxylation is 2. The van der Waals surface area contributed by atoms with E-state index in [0.29, 0.717) is 208 Å². The molecule has 4 saturated carbocycles. The van der Waals surface area contributed by atoms with Crippen LogP contribution in [0.5, 0.6) is 28.7 Å². The van der Waals surface area contributed by atoms with Crippen LogP contribution in [0.15, 0.2) is 72.8 Å². The summed E-state index contributed by atoms with van der Waals surface area (Å²) >= 11 is 5.52. The fraction of sp³-hybridized carbons (Fsp3) is 0.634. The van der Waals surface area contributed by atoms with E-state index in [0.717, 1.165) is 62.8 Å². The first-order chi connectivity index (χ1) is 43.4. The van der Waals surface area contributed by atoms with Crippen molar-refractivity contribution in [3.63, 3.8) is 0 Å². The predicted octanol–water partition coefficient (Wildman–Crippen LogP) is 10.7. The smallest absolute Gasteiger partial charge is 0.252 e. The number of phenolic OH excluding ortho intramolecular Hbond substituents is 1. The van der Waals surface area contributed by atoms with E-state index in [1.807, 2.05) is 24.3 Å². The summed E-state index contributed by atoms with van der Waals surface area (Å²) in [6.45, 7) is 13.6. The predicted molar refractivity (Wildman–Crippen MR) is 335 cm³/mol. The standard InChI is InChI=1S/C36H48O8.C18H24O2.C17H23ClO7/c1-36-11-10-29-28-5-2-25(22-26(28)3-6-30(29)31(36)7-9-35(36)38)23-32(37)27-4-8-33-34(24-27)44-21-19-42-17-15-40-13-12-39-14-16-41-18-20-43-33;1-18-9-8-14-13-5-3-12(19)10-11(13)2-4-15(14)16(18)6-7-17(18)20;18-17(19)14-1-2-15-16(13-14)25-12-10-23-8-6-21-4-3-20-5-7-22-9-11-24-15/h2,4-5,8,22,24,29-31,35,38H,3,6-7,9-21,23H2,1H3;3,5,10,14-17,19-20H,2,4,6-9H2,1H3;1-2,13H,3-12H2/t29-,30-,31+,35+,36+;14-,15-,16+,17+,18+;/m11./s1. The number of benzene rings is 4. The quantitative estimate of drug-likeness (QED) is 0.128. The van der Waals surface area contributed by atoms with Gasteiger partial charge in [0.2, 0.25) is 0 Å². The van der Waals surface area contributed by atoms with Gasteiger partial charge in [-0.2, -0.15) is 0 Å². The van der Waals surface area contributed by atoms with Crippen LogP contribution in [-0.2, 0) is 57.2 Å². The van der Waals surface area contributed by atoms with E-state index in [1.165, 1.54) is 47.9 Å². The molecule has 0 spiro atoms. The molecule has 488 valence electrons. The van der Waals surface area contributed by atoms with Crippen molar-refractivity contribution in [2.45, 2.75) is 121 Å². The van der Waals surface area contributed by atoms with Crippen molar-refractivity contribution in [2.75, 3.05) is 132 Å². The van der Waals surface area contributed by atoms with Gasteiger partial charge in [-0.05, 0) is 211 Å². The Balaban J connectivity index is 0.000000163. The van der Waals surface area contributed by atoms with Crippen molar-refractivity contribution in [3.8, 4) is 28.7 Å². The third kappa shape index (κ3) is 17.4. The summed E-state index contributed by atoms with van der Waals surface area (Å²) in [6, 6.07) is 22.9. The zero-order valence-electron chi connectivity index (χ0n) is 52.3. The van der Waals surface area contributed by atoms with E-state index >= 15 is 0 Å². The van der Waals surface area contributed by atoms with Crippen LogP contribution in [0, 0.1) is 34.5 Å². The molecule has 18 heteroatoms. The highest BCUT2D eigenvalue weighted by Gasteiger charge is 2.56. The summed E-state index contributed by atoms with van der Waals surface area (Å²) in [5, 5.41) is 30.2. The van der Waals surface area contributed by atoms with Gasteiger partial charge in [-0.1, -0.05) is 38.1 Å². The Labute approximate surface area is 530 Å². The second kappa shape index (κ2) is 33.1. The molecule has 4 fully saturated rings. The molecule has 0 bridgehead atoms. The van der Waals surface area contributed by atoms with Gasteiger partial charge >= 0.3 is 0 Å². The molecule has 0 amide bonds. The van der Waals surface area contributed by atoms with Crippen LogP contribution in [0.4, 0.5) is 0 Å². The molecule has 89 heavy (non-hydrogen) atoms. The summed E-state index contributed by atoms with van der Waals surface area (Å²) in [4.78, 5) is 24.8. The molecule has 0 saturated heterocycles. The average Bonchev–Trinajstić information content (AvgIpc) is 2.00. The SMILES string of the molecule is C[C@]12CC[C@@H]3c4ccc(CC(=O)c5ccc6c(c5)OCCOCCOCCOCCOCCO6)cc4CC[C@H]3[C@@H]1CC[C@@H]2O.C[C@]12CC[C@@H]3c4ccc(O)cc4CC[C@H]3[C@@H]1CC[C@@H]2O.O=C(Cl)c1ccc2c(c1)OCCOCCOCCOCCOCCO2. The molecule has 8 aliphatic rings. The minimum absolute atomic E-state index is 0.0506. The van der Waals surface area contributed by atoms with Crippen molar-refractivity contribution < 1.29 is 81.8 Å². The summed E-state index contributed by atoms with van der Waals surface area (Å²) in [5.41, 5.74) is 7.95. The molecule has 0 aromatic heterocycles. The number of aliphatic hydroxyl groups excluding tert-OH is 2. The number of hydrogen-bond donors (Lipinski definition) is 3. The maximum atomic E-state index is 13.5. The van der Waals surface area contributed by atoms with Crippen molar-refractivity contribution in [3.05, 3.63) is 112 Å². The third-order valence-electron chi connectivity index (χ3n) is 20.4. The molecule has 6 aliphatic carbocycles. The third-order valence-corrected chi connectivity index (χ3v) is 20.6. The van der Waals surface area contributed by atoms with Gasteiger partial charge in [-0.25, -0.2) is 0 Å². The largest absolute Gasteiger partial charge is 0.508 e. The van der Waals surface area contributed by atoms with Gasteiger partial charge in [0.25, 0.3) is 5.24 Å². The highest BCUT2D eigenvalue weighted by atomic mass is 35.5. The van der Waals surface area contributed by atoms with Crippen molar-refractivity contribution in [1.29, 1.82) is 0 Å². The van der Waals surface area contributed by atoms with E-state index in [9.17, 15) is 24.9 Å². The van der Waals surface area contributed by atoms with Crippen molar-refractivity contribution >= 4 is 22.6 Å². The van der Waals surface area contributed by atoms with E-state index in [4.69, 9.17) is 68.4 Å². The molecule has 10 atom stereocenters. The van der Waals surface area contributed by atoms with Gasteiger partial charge < -0.3 is 72.2 Å². The topological polar surface area (TPSA) is 206 Å². The number of hydrogen-bond acceptors (Lipinski definition) is 17. The second-order valence-corrected chi connectivity index (χ2v) is 25.9. The Morgan fingerprint density at radius 1 is 0.438 bits per heavy atom. The van der Waals surface area contributed by atoms with Gasteiger partial charge in [-0.15, -0.1) is 0 Å². The zero-order valence-corrected chi connectivity index (χ0v) is 53.1. The number of rotatable bonds is 4. The van der Waals surface area contributed by atoms with Crippen molar-refractivity contribution in [1.82, 2.24) is 0 Å². The lowest BCUT2D eigenvalue weighted by atomic mass is 9.55. The van der Waals surface area contributed by atoms with Gasteiger partial charge in [0.05, 0.1) is 118 Å². The van der Waals surface area contributed by atoms with Crippen LogP contribution in [0.2, 0.25) is 0 Å². The molecule has 2 aliphatic heterocycles. The van der Waals surface area contributed by atoms with Crippen LogP contribution in [0.3, 0.4) is 0 Å². The fourth-order valence-corrected chi connectivity index (χ4v) is 15.8. The van der Waals surface area contributed by atoms with E-state index in [1.54, 1.807) is 24.3 Å². The first kappa shape index (κ1) is 67.0. The first-order valence-corrected chi connectivity index (χ1v) is 33.2. The fourth-order valence-electron chi connectivity index (χ4n) is 15.7. The monoisotopic (exact) mass is 1250 g/mol. The van der Waals surface area contributed by atoms with Gasteiger partial charge in [-0.3, -0.25) is 9.59 Å². The zero-order chi connectivity index (χ0) is 62.0. The molecule has 0 unspecified atom stereocenters. The number of ketones is 1. The molecule has 17 nitrogen and oxygen atoms in total. The first-order valence-electron chi connectivity index (χ1n) is 32.8. The van der Waals surface area contributed by atoms with Gasteiger partial charge in [0.1, 0.15) is 32.2 Å². The van der Waals surface area contributed by atoms with Crippen LogP contribution in [0.25, 0.3) is 0 Å². The maximum absolute atomic E-state index is 13.5. The Morgan fingerprint density at radius 2 is 0.820 bits per heavy atom. The minimum atomic E-state index is -0.553. The second-order valence-electron chi connectivity index (χ2n) is 25.5. The number of Topliss-reactive ketones (excluding diaryl/α,β-unsaturated/α-hetero) is 1. The molecule has 3 N–H and O–H groups in total. The summed E-state index contributed by atoms with van der Waals surface area (Å²) in [6.07, 6.45) is 13.6. The van der Waals surface area contributed by atoms with Crippen LogP contribution < -0.4 is 18.9 Å². The molecule has 0 radical (unpaired) electrons. The number of aliphatic hydroxyl groups is 2. The Morgan fingerprint density at radius 3 is 1.26 bits per heavy atom. The van der Waals surface area contributed by atoms with Crippen LogP contribution >= 0.6 is 11.6 Å². The maximum Gasteiger partial charge on any atom is 0.252 e. The Kier molecular flexibility index (Phi) is 24.9. The van der Waals surface area contributed by atoms with E-state index in [-0.39, 0.29) is 28.8 Å². The highest BCUT2D eigenvalue weighted by molar-refractivity contribution is 6.67. The lowest BCUT2D eigenvalue weighted by Crippen LogP contribution is -2.43.